The van der Waals surface area contributed by atoms with Crippen LogP contribution in [-0.4, -0.2) is 56.4 Å². The molecule has 6 nitrogen and oxygen atoms in total. The van der Waals surface area contributed by atoms with Crippen LogP contribution in [0.4, 0.5) is 0 Å². The number of rotatable bonds is 6. The molecule has 0 aromatic heterocycles. The summed E-state index contributed by atoms with van der Waals surface area (Å²) in [6, 6.07) is 8.90. The van der Waals surface area contributed by atoms with Crippen molar-refractivity contribution >= 4 is 21.7 Å². The summed E-state index contributed by atoms with van der Waals surface area (Å²) in [5.74, 6) is -0.523. The molecule has 1 aromatic carbocycles. The van der Waals surface area contributed by atoms with E-state index in [1.54, 1.807) is 0 Å². The maximum absolute atomic E-state index is 12.6. The smallest absolute Gasteiger partial charge is 0.307 e. The summed E-state index contributed by atoms with van der Waals surface area (Å²) in [4.78, 5) is 25.5. The van der Waals surface area contributed by atoms with E-state index in [4.69, 9.17) is 0 Å². The second kappa shape index (κ2) is 7.59. The van der Waals surface area contributed by atoms with E-state index in [0.717, 1.165) is 5.56 Å². The van der Waals surface area contributed by atoms with Gasteiger partial charge in [-0.15, -0.1) is 0 Å². The van der Waals surface area contributed by atoms with Gasteiger partial charge in [-0.1, -0.05) is 30.3 Å². The Morgan fingerprint density at radius 2 is 1.96 bits per heavy atom. The van der Waals surface area contributed by atoms with Crippen molar-refractivity contribution in [2.45, 2.75) is 25.3 Å². The Morgan fingerprint density at radius 3 is 2.52 bits per heavy atom. The van der Waals surface area contributed by atoms with Crippen LogP contribution in [0.15, 0.2) is 30.3 Å². The minimum Gasteiger partial charge on any atom is -0.469 e. The molecule has 1 saturated heterocycles. The second-order valence-electron chi connectivity index (χ2n) is 5.63. The van der Waals surface area contributed by atoms with Crippen LogP contribution in [0.25, 0.3) is 0 Å². The van der Waals surface area contributed by atoms with Crippen molar-refractivity contribution in [1.29, 1.82) is 0 Å². The first-order chi connectivity index (χ1) is 10.9. The Morgan fingerprint density at radius 1 is 1.26 bits per heavy atom. The number of benzene rings is 1. The third-order valence-corrected chi connectivity index (χ3v) is 5.70. The molecule has 1 amide bonds. The Kier molecular flexibility index (Phi) is 5.76. The summed E-state index contributed by atoms with van der Waals surface area (Å²) in [7, 11) is -1.81. The van der Waals surface area contributed by atoms with Crippen LogP contribution in [0.1, 0.15) is 18.4 Å². The summed E-state index contributed by atoms with van der Waals surface area (Å²) in [6.07, 6.45) is 0.677. The molecular weight excluding hydrogens is 318 g/mol. The van der Waals surface area contributed by atoms with Crippen molar-refractivity contribution in [2.24, 2.45) is 0 Å². The summed E-state index contributed by atoms with van der Waals surface area (Å²) >= 11 is 0. The summed E-state index contributed by atoms with van der Waals surface area (Å²) in [6.45, 7) is 0.179. The number of sulfone groups is 1. The molecule has 1 fully saturated rings. The van der Waals surface area contributed by atoms with Gasteiger partial charge in [0.05, 0.1) is 31.5 Å². The number of carbonyl (C=O) groups excluding carboxylic acids is 2. The van der Waals surface area contributed by atoms with E-state index in [1.807, 2.05) is 30.3 Å². The monoisotopic (exact) mass is 339 g/mol. The molecule has 0 aliphatic carbocycles. The molecule has 7 heteroatoms. The highest BCUT2D eigenvalue weighted by atomic mass is 32.2. The van der Waals surface area contributed by atoms with Crippen molar-refractivity contribution in [3.8, 4) is 0 Å². The van der Waals surface area contributed by atoms with Gasteiger partial charge in [0.2, 0.25) is 5.91 Å². The van der Waals surface area contributed by atoms with Crippen LogP contribution in [-0.2, 0) is 30.6 Å². The van der Waals surface area contributed by atoms with E-state index in [0.29, 0.717) is 6.42 Å². The quantitative estimate of drug-likeness (QED) is 0.717. The highest BCUT2D eigenvalue weighted by Gasteiger charge is 2.34. The van der Waals surface area contributed by atoms with Gasteiger partial charge >= 0.3 is 5.97 Å². The van der Waals surface area contributed by atoms with Crippen LogP contribution < -0.4 is 0 Å². The SMILES string of the molecule is COC(=O)CCN(C(=O)Cc1ccccc1)[C@H]1CCS(=O)(=O)C1. The van der Waals surface area contributed by atoms with Gasteiger partial charge < -0.3 is 9.64 Å². The van der Waals surface area contributed by atoms with Crippen molar-refractivity contribution in [3.05, 3.63) is 35.9 Å². The van der Waals surface area contributed by atoms with Gasteiger partial charge in [-0.05, 0) is 12.0 Å². The molecule has 1 aliphatic rings. The van der Waals surface area contributed by atoms with Gasteiger partial charge in [0.15, 0.2) is 9.84 Å². The van der Waals surface area contributed by atoms with E-state index in [9.17, 15) is 18.0 Å². The largest absolute Gasteiger partial charge is 0.469 e. The molecule has 0 bridgehead atoms. The number of carbonyl (C=O) groups is 2. The third-order valence-electron chi connectivity index (χ3n) is 3.95. The van der Waals surface area contributed by atoms with Gasteiger partial charge in [-0.3, -0.25) is 9.59 Å². The number of nitrogens with zero attached hydrogens (tertiary/aromatic N) is 1. The molecular formula is C16H21NO5S. The maximum atomic E-state index is 12.6. The van der Waals surface area contributed by atoms with Gasteiger partial charge in [-0.25, -0.2) is 8.42 Å². The van der Waals surface area contributed by atoms with E-state index in [2.05, 4.69) is 4.74 Å². The molecule has 0 N–H and O–H groups in total. The minimum absolute atomic E-state index is 0.0330. The lowest BCUT2D eigenvalue weighted by Crippen LogP contribution is -2.43. The lowest BCUT2D eigenvalue weighted by molar-refractivity contribution is -0.142. The lowest BCUT2D eigenvalue weighted by atomic mass is 10.1. The molecule has 1 atom stereocenters. The molecule has 1 aliphatic heterocycles. The number of esters is 1. The fraction of sp³-hybridized carbons (Fsp3) is 0.500. The Bertz CT molecular complexity index is 656. The highest BCUT2D eigenvalue weighted by molar-refractivity contribution is 7.91. The Balaban J connectivity index is 2.09. The summed E-state index contributed by atoms with van der Waals surface area (Å²) in [5, 5.41) is 0. The van der Waals surface area contributed by atoms with E-state index >= 15 is 0 Å². The number of hydrogen-bond acceptors (Lipinski definition) is 5. The normalized spacial score (nSPS) is 19.3. The van der Waals surface area contributed by atoms with Gasteiger partial charge in [0.25, 0.3) is 0 Å². The Labute approximate surface area is 136 Å². The topological polar surface area (TPSA) is 80.8 Å². The number of ether oxygens (including phenoxy) is 1. The van der Waals surface area contributed by atoms with Gasteiger partial charge in [-0.2, -0.15) is 0 Å². The summed E-state index contributed by atoms with van der Waals surface area (Å²) < 4.78 is 28.0. The van der Waals surface area contributed by atoms with Crippen molar-refractivity contribution in [2.75, 3.05) is 25.2 Å². The average Bonchev–Trinajstić information content (AvgIpc) is 2.88. The first kappa shape index (κ1) is 17.5. The van der Waals surface area contributed by atoms with Crippen LogP contribution in [0, 0.1) is 0 Å². The van der Waals surface area contributed by atoms with Crippen LogP contribution in [0.2, 0.25) is 0 Å². The standard InChI is InChI=1S/C16H21NO5S/c1-22-16(19)7-9-17(14-8-10-23(20,21)12-14)15(18)11-13-5-3-2-4-6-13/h2-6,14H,7-12H2,1H3/t14-/m0/s1. The molecule has 2 rings (SSSR count). The fourth-order valence-electron chi connectivity index (χ4n) is 2.72. The molecule has 23 heavy (non-hydrogen) atoms. The number of hydrogen-bond donors (Lipinski definition) is 0. The molecule has 0 spiro atoms. The van der Waals surface area contributed by atoms with Crippen molar-refractivity contribution in [1.82, 2.24) is 4.90 Å². The van der Waals surface area contributed by atoms with E-state index < -0.39 is 15.8 Å². The molecule has 0 unspecified atom stereocenters. The second-order valence-corrected chi connectivity index (χ2v) is 7.86. The lowest BCUT2D eigenvalue weighted by Gasteiger charge is -2.28. The minimum atomic E-state index is -3.10. The molecule has 1 aromatic rings. The van der Waals surface area contributed by atoms with Crippen LogP contribution >= 0.6 is 0 Å². The van der Waals surface area contributed by atoms with Crippen molar-refractivity contribution in [3.63, 3.8) is 0 Å². The predicted octanol–water partition coefficient (Wildman–Crippen LogP) is 0.808. The fourth-order valence-corrected chi connectivity index (χ4v) is 4.45. The van der Waals surface area contributed by atoms with Crippen LogP contribution in [0.5, 0.6) is 0 Å². The maximum Gasteiger partial charge on any atom is 0.307 e. The molecule has 0 radical (unpaired) electrons. The summed E-state index contributed by atoms with van der Waals surface area (Å²) in [5.41, 5.74) is 0.862. The third kappa shape index (κ3) is 5.06. The van der Waals surface area contributed by atoms with Gasteiger partial charge in [0, 0.05) is 12.6 Å². The van der Waals surface area contributed by atoms with Crippen LogP contribution in [0.3, 0.4) is 0 Å². The number of amides is 1. The highest BCUT2D eigenvalue weighted by Crippen LogP contribution is 2.19. The Hall–Kier alpha value is -1.89. The number of methoxy groups -OCH3 is 1. The average molecular weight is 339 g/mol. The zero-order chi connectivity index (χ0) is 16.9. The zero-order valence-corrected chi connectivity index (χ0v) is 13.9. The predicted molar refractivity (Wildman–Crippen MR) is 85.6 cm³/mol. The molecule has 0 saturated carbocycles. The zero-order valence-electron chi connectivity index (χ0n) is 13.1. The molecule has 126 valence electrons. The first-order valence-electron chi connectivity index (χ1n) is 7.52. The van der Waals surface area contributed by atoms with Gasteiger partial charge in [0.1, 0.15) is 0 Å². The van der Waals surface area contributed by atoms with E-state index in [1.165, 1.54) is 12.0 Å². The first-order valence-corrected chi connectivity index (χ1v) is 9.34. The van der Waals surface area contributed by atoms with E-state index in [-0.39, 0.29) is 42.8 Å². The van der Waals surface area contributed by atoms with Crippen molar-refractivity contribution < 1.29 is 22.7 Å². The molecule has 1 heterocycles.